The number of esters is 1. The standard InChI is InChI=1S/C28H32O7.C17H18F3NO.ClH/c1-14(29)34-17-12-26(5)16(15-8-10-33-13-15)11-19-28(26,35-19)27(6)21(17)25(4)9-7-18(30)24(2,3)22(25)20(31)23(27)32;1-21-12-11-16(13-5-3-2-4-6-13)22-15-9-7-14(8-10-15)17(18,19)20;/h7-10,13,16-17,19,21,31H,11-12H2,1-6H3;2-10,16,21H,11-12H2,1H3;1H. The lowest BCUT2D eigenvalue weighted by atomic mass is 9.38. The van der Waals surface area contributed by atoms with Crippen molar-refractivity contribution in [1.82, 2.24) is 5.32 Å². The van der Waals surface area contributed by atoms with E-state index in [0.717, 1.165) is 36.2 Å². The Balaban J connectivity index is 0.000000214. The maximum absolute atomic E-state index is 14.3. The molecule has 13 heteroatoms. The number of halogens is 4. The van der Waals surface area contributed by atoms with E-state index in [1.807, 2.05) is 57.3 Å². The van der Waals surface area contributed by atoms with Crippen molar-refractivity contribution in [2.75, 3.05) is 13.6 Å². The third-order valence-corrected chi connectivity index (χ3v) is 13.7. The third kappa shape index (κ3) is 6.50. The van der Waals surface area contributed by atoms with Crippen LogP contribution in [0.2, 0.25) is 0 Å². The Kier molecular flexibility index (Phi) is 11.2. The van der Waals surface area contributed by atoms with Gasteiger partial charge in [0.2, 0.25) is 5.78 Å². The molecule has 3 fully saturated rings. The van der Waals surface area contributed by atoms with Gasteiger partial charge in [0.05, 0.1) is 35.0 Å². The smallest absolute Gasteiger partial charge is 0.416 e. The fourth-order valence-corrected chi connectivity index (χ4v) is 11.3. The van der Waals surface area contributed by atoms with Crippen LogP contribution in [0.3, 0.4) is 0 Å². The quantitative estimate of drug-likeness (QED) is 0.169. The number of ether oxygens (including phenoxy) is 3. The van der Waals surface area contributed by atoms with Crippen molar-refractivity contribution in [2.24, 2.45) is 27.6 Å². The Labute approximate surface area is 342 Å². The van der Waals surface area contributed by atoms with E-state index < -0.39 is 62.8 Å². The Morgan fingerprint density at radius 2 is 1.69 bits per heavy atom. The van der Waals surface area contributed by atoms with E-state index in [9.17, 15) is 32.7 Å². The van der Waals surface area contributed by atoms with Crippen molar-refractivity contribution in [1.29, 1.82) is 0 Å². The van der Waals surface area contributed by atoms with Crippen LogP contribution in [0, 0.1) is 27.6 Å². The second kappa shape index (κ2) is 15.0. The minimum absolute atomic E-state index is 0. The van der Waals surface area contributed by atoms with Gasteiger partial charge in [0.15, 0.2) is 11.5 Å². The number of aliphatic hydroxyl groups is 1. The molecule has 2 aromatic carbocycles. The molecule has 4 aliphatic carbocycles. The number of epoxide rings is 1. The molecule has 9 unspecified atom stereocenters. The van der Waals surface area contributed by atoms with Crippen LogP contribution in [0.5, 0.6) is 5.75 Å². The summed E-state index contributed by atoms with van der Waals surface area (Å²) >= 11 is 0. The third-order valence-electron chi connectivity index (χ3n) is 13.7. The zero-order valence-electron chi connectivity index (χ0n) is 33.6. The number of carbonyl (C=O) groups excluding carboxylic acids is 3. The van der Waals surface area contributed by atoms with Gasteiger partial charge in [-0.1, -0.05) is 50.3 Å². The second-order valence-electron chi connectivity index (χ2n) is 17.2. The van der Waals surface area contributed by atoms with Crippen LogP contribution in [-0.4, -0.2) is 54.0 Å². The van der Waals surface area contributed by atoms with E-state index in [4.69, 9.17) is 18.6 Å². The Morgan fingerprint density at radius 3 is 2.28 bits per heavy atom. The maximum atomic E-state index is 14.3. The number of nitrogens with one attached hydrogen (secondary N) is 1. The molecule has 3 aromatic rings. The van der Waals surface area contributed by atoms with Gasteiger partial charge in [0.25, 0.3) is 0 Å². The van der Waals surface area contributed by atoms with Crippen LogP contribution in [0.25, 0.3) is 0 Å². The molecule has 5 aliphatic rings. The number of Topliss-reactive ketones (excluding diaryl/α,β-unsaturated/α-hetero) is 1. The number of hydrogen-bond donors (Lipinski definition) is 2. The van der Waals surface area contributed by atoms with E-state index in [0.29, 0.717) is 24.2 Å². The minimum Gasteiger partial charge on any atom is -0.504 e. The number of rotatable bonds is 8. The summed E-state index contributed by atoms with van der Waals surface area (Å²) in [5.74, 6) is -1.41. The molecular weight excluding hydrogens is 775 g/mol. The zero-order valence-corrected chi connectivity index (χ0v) is 34.5. The van der Waals surface area contributed by atoms with E-state index in [2.05, 4.69) is 12.2 Å². The summed E-state index contributed by atoms with van der Waals surface area (Å²) in [6.07, 6.45) is 3.36. The molecule has 0 bridgehead atoms. The molecule has 1 aromatic heterocycles. The van der Waals surface area contributed by atoms with E-state index in [-0.39, 0.29) is 42.1 Å². The Bertz CT molecular complexity index is 2100. The molecule has 0 amide bonds. The van der Waals surface area contributed by atoms with Crippen LogP contribution in [-0.2, 0) is 30.0 Å². The number of hydrogen-bond acceptors (Lipinski definition) is 9. The fourth-order valence-electron chi connectivity index (χ4n) is 11.3. The van der Waals surface area contributed by atoms with Gasteiger partial charge in [-0.25, -0.2) is 0 Å². The molecular formula is C45H51ClF3NO8. The van der Waals surface area contributed by atoms with E-state index >= 15 is 0 Å². The van der Waals surface area contributed by atoms with Crippen molar-refractivity contribution >= 4 is 29.9 Å². The highest BCUT2D eigenvalue weighted by molar-refractivity contribution is 6.06. The maximum Gasteiger partial charge on any atom is 0.416 e. The topological polar surface area (TPSA) is 128 Å². The molecule has 1 spiro atoms. The van der Waals surface area contributed by atoms with Gasteiger partial charge in [0.1, 0.15) is 23.6 Å². The SMILES string of the molecule is CC(=O)OC1CC2(C)C(c3ccoc3)CC3OC32C2(C)C(=O)C(O)=C3C(C)(C)C(=O)C=CC3(C)C12.CNCCC(Oc1ccc(C(F)(F)F)cc1)c1ccccc1.Cl. The van der Waals surface area contributed by atoms with Gasteiger partial charge >= 0.3 is 12.1 Å². The van der Waals surface area contributed by atoms with Gasteiger partial charge in [-0.05, 0) is 106 Å². The van der Waals surface area contributed by atoms with E-state index in [1.165, 1.54) is 19.1 Å². The average Bonchev–Trinajstić information content (AvgIpc) is 3.52. The summed E-state index contributed by atoms with van der Waals surface area (Å²) in [5.41, 5.74) is -2.74. The molecule has 2 heterocycles. The Morgan fingerprint density at radius 1 is 1.02 bits per heavy atom. The van der Waals surface area contributed by atoms with E-state index in [1.54, 1.807) is 38.5 Å². The van der Waals surface area contributed by atoms with Crippen LogP contribution >= 0.6 is 12.4 Å². The summed E-state index contributed by atoms with van der Waals surface area (Å²) < 4.78 is 61.5. The number of carbonyl (C=O) groups is 3. The Hall–Kier alpha value is -4.39. The summed E-state index contributed by atoms with van der Waals surface area (Å²) in [6.45, 7) is 11.6. The molecule has 9 atom stereocenters. The van der Waals surface area contributed by atoms with Crippen LogP contribution in [0.4, 0.5) is 13.2 Å². The number of allylic oxidation sites excluding steroid dienone is 4. The highest BCUT2D eigenvalue weighted by Gasteiger charge is 2.89. The summed E-state index contributed by atoms with van der Waals surface area (Å²) in [5, 5.41) is 14.6. The van der Waals surface area contributed by atoms with Gasteiger partial charge in [-0.15, -0.1) is 12.4 Å². The first-order valence-electron chi connectivity index (χ1n) is 19.4. The van der Waals surface area contributed by atoms with Gasteiger partial charge in [-0.3, -0.25) is 14.4 Å². The highest BCUT2D eigenvalue weighted by Crippen LogP contribution is 2.81. The van der Waals surface area contributed by atoms with Gasteiger partial charge < -0.3 is 29.1 Å². The van der Waals surface area contributed by atoms with Gasteiger partial charge in [-0.2, -0.15) is 13.2 Å². The zero-order chi connectivity index (χ0) is 41.3. The summed E-state index contributed by atoms with van der Waals surface area (Å²) in [7, 11) is 1.85. The average molecular weight is 826 g/mol. The predicted octanol–water partition coefficient (Wildman–Crippen LogP) is 9.29. The largest absolute Gasteiger partial charge is 0.504 e. The lowest BCUT2D eigenvalue weighted by Crippen LogP contribution is -2.70. The molecule has 8 rings (SSSR count). The number of benzene rings is 2. The minimum atomic E-state index is -4.33. The molecule has 1 aliphatic heterocycles. The lowest BCUT2D eigenvalue weighted by Gasteiger charge is -2.64. The monoisotopic (exact) mass is 825 g/mol. The van der Waals surface area contributed by atoms with Crippen molar-refractivity contribution in [3.05, 3.63) is 113 Å². The molecule has 9 nitrogen and oxygen atoms in total. The number of alkyl halides is 3. The number of fused-ring (bicyclic) bond motifs is 3. The number of furan rings is 1. The molecule has 58 heavy (non-hydrogen) atoms. The second-order valence-corrected chi connectivity index (χ2v) is 17.2. The first-order valence-corrected chi connectivity index (χ1v) is 19.4. The molecule has 312 valence electrons. The van der Waals surface area contributed by atoms with Crippen LogP contribution in [0.1, 0.15) is 89.5 Å². The molecule has 2 saturated carbocycles. The summed E-state index contributed by atoms with van der Waals surface area (Å²) in [6, 6.07) is 16.4. The molecule has 2 N–H and O–H groups in total. The van der Waals surface area contributed by atoms with Crippen LogP contribution in [0.15, 0.2) is 101 Å². The van der Waals surface area contributed by atoms with Crippen LogP contribution < -0.4 is 10.1 Å². The van der Waals surface area contributed by atoms with Gasteiger partial charge in [0, 0.05) is 30.1 Å². The fraction of sp³-hybridized carbons (Fsp3) is 0.489. The first kappa shape index (κ1) is 43.2. The lowest BCUT2D eigenvalue weighted by molar-refractivity contribution is -0.200. The number of ketones is 2. The first-order chi connectivity index (χ1) is 26.8. The molecule has 0 radical (unpaired) electrons. The summed E-state index contributed by atoms with van der Waals surface area (Å²) in [4.78, 5) is 39.6. The van der Waals surface area contributed by atoms with Crippen molar-refractivity contribution in [2.45, 2.75) is 96.8 Å². The van der Waals surface area contributed by atoms with Crippen molar-refractivity contribution < 1.29 is 51.3 Å². The molecule has 1 saturated heterocycles. The normalized spacial score (nSPS) is 33.3. The number of aliphatic hydroxyl groups excluding tert-OH is 1. The predicted molar refractivity (Wildman–Crippen MR) is 211 cm³/mol. The highest BCUT2D eigenvalue weighted by atomic mass is 35.5. The van der Waals surface area contributed by atoms with Crippen molar-refractivity contribution in [3.63, 3.8) is 0 Å². The van der Waals surface area contributed by atoms with Crippen molar-refractivity contribution in [3.8, 4) is 5.75 Å².